The van der Waals surface area contributed by atoms with Crippen LogP contribution < -0.4 is 0 Å². The molecular weight excluding hydrogens is 148 g/mol. The summed E-state index contributed by atoms with van der Waals surface area (Å²) in [5, 5.41) is 0. The lowest BCUT2D eigenvalue weighted by Gasteiger charge is -2.44. The molecule has 0 unspecified atom stereocenters. The van der Waals surface area contributed by atoms with Crippen molar-refractivity contribution in [3.8, 4) is 0 Å². The van der Waals surface area contributed by atoms with Gasteiger partial charge in [0.05, 0.1) is 5.60 Å². The van der Waals surface area contributed by atoms with E-state index in [0.29, 0.717) is 0 Å². The maximum Gasteiger partial charge on any atom is 0.0656 e. The van der Waals surface area contributed by atoms with E-state index in [9.17, 15) is 0 Å². The maximum atomic E-state index is 5.41. The first-order chi connectivity index (χ1) is 5.56. The first-order valence-corrected chi connectivity index (χ1v) is 5.11. The van der Waals surface area contributed by atoms with Crippen LogP contribution in [0.1, 0.15) is 46.5 Å². The molecule has 0 saturated heterocycles. The van der Waals surface area contributed by atoms with Crippen molar-refractivity contribution in [3.05, 3.63) is 0 Å². The van der Waals surface area contributed by atoms with Gasteiger partial charge in [0.25, 0.3) is 0 Å². The molecule has 0 aliphatic heterocycles. The molecule has 1 fully saturated rings. The van der Waals surface area contributed by atoms with Crippen LogP contribution >= 0.6 is 0 Å². The van der Waals surface area contributed by atoms with Crippen molar-refractivity contribution >= 4 is 0 Å². The third-order valence-corrected chi connectivity index (χ3v) is 3.09. The van der Waals surface area contributed by atoms with Crippen LogP contribution in [0.3, 0.4) is 0 Å². The Balaban J connectivity index is 2.09. The minimum atomic E-state index is 0.224. The van der Waals surface area contributed by atoms with Crippen molar-refractivity contribution in [2.45, 2.75) is 52.1 Å². The van der Waals surface area contributed by atoms with Crippen LogP contribution in [-0.4, -0.2) is 12.7 Å². The lowest BCUT2D eigenvalue weighted by Crippen LogP contribution is -2.42. The Hall–Kier alpha value is -0.0400. The van der Waals surface area contributed by atoms with E-state index in [1.807, 2.05) is 7.11 Å². The maximum absolute atomic E-state index is 5.41. The predicted octanol–water partition coefficient (Wildman–Crippen LogP) is 3.24. The fraction of sp³-hybridized carbons (Fsp3) is 1.00. The lowest BCUT2D eigenvalue weighted by atomic mass is 9.69. The molecule has 1 rings (SSSR count). The van der Waals surface area contributed by atoms with Gasteiger partial charge in [0.2, 0.25) is 0 Å². The predicted molar refractivity (Wildman–Crippen MR) is 52.2 cm³/mol. The van der Waals surface area contributed by atoms with Gasteiger partial charge < -0.3 is 4.74 Å². The van der Waals surface area contributed by atoms with Crippen LogP contribution in [-0.2, 0) is 4.74 Å². The SMILES string of the molecule is COC1(C)CC(CCC(C)C)C1. The van der Waals surface area contributed by atoms with Gasteiger partial charge in [-0.25, -0.2) is 0 Å². The highest BCUT2D eigenvalue weighted by Gasteiger charge is 2.39. The standard InChI is InChI=1S/C11H22O/c1-9(2)5-6-10-7-11(3,8-10)12-4/h9-10H,5-8H2,1-4H3. The summed E-state index contributed by atoms with van der Waals surface area (Å²) in [6, 6.07) is 0. The highest BCUT2D eigenvalue weighted by molar-refractivity contribution is 4.91. The Morgan fingerprint density at radius 2 is 2.00 bits per heavy atom. The molecule has 12 heavy (non-hydrogen) atoms. The zero-order valence-electron chi connectivity index (χ0n) is 8.89. The van der Waals surface area contributed by atoms with Gasteiger partial charge in [0, 0.05) is 7.11 Å². The Labute approximate surface area is 76.5 Å². The average molecular weight is 170 g/mol. The molecule has 0 radical (unpaired) electrons. The van der Waals surface area contributed by atoms with Gasteiger partial charge >= 0.3 is 0 Å². The van der Waals surface area contributed by atoms with Crippen molar-refractivity contribution in [2.75, 3.05) is 7.11 Å². The molecular formula is C11H22O. The third-order valence-electron chi connectivity index (χ3n) is 3.09. The van der Waals surface area contributed by atoms with Gasteiger partial charge in [-0.3, -0.25) is 0 Å². The van der Waals surface area contributed by atoms with Crippen LogP contribution in [0, 0.1) is 11.8 Å². The molecule has 72 valence electrons. The van der Waals surface area contributed by atoms with Crippen LogP contribution in [0.2, 0.25) is 0 Å². The topological polar surface area (TPSA) is 9.23 Å². The summed E-state index contributed by atoms with van der Waals surface area (Å²) in [6.07, 6.45) is 5.33. The smallest absolute Gasteiger partial charge is 0.0656 e. The van der Waals surface area contributed by atoms with Crippen LogP contribution in [0.15, 0.2) is 0 Å². The lowest BCUT2D eigenvalue weighted by molar-refractivity contribution is -0.0929. The van der Waals surface area contributed by atoms with Crippen molar-refractivity contribution < 1.29 is 4.74 Å². The molecule has 0 aromatic rings. The molecule has 0 bridgehead atoms. The van der Waals surface area contributed by atoms with Gasteiger partial charge in [-0.15, -0.1) is 0 Å². The number of ether oxygens (including phenoxy) is 1. The molecule has 0 atom stereocenters. The van der Waals surface area contributed by atoms with Gasteiger partial charge in [0.1, 0.15) is 0 Å². The van der Waals surface area contributed by atoms with E-state index in [1.54, 1.807) is 0 Å². The van der Waals surface area contributed by atoms with E-state index in [2.05, 4.69) is 20.8 Å². The summed E-state index contributed by atoms with van der Waals surface area (Å²) in [5.74, 6) is 1.80. The quantitative estimate of drug-likeness (QED) is 0.629. The Morgan fingerprint density at radius 1 is 1.42 bits per heavy atom. The zero-order valence-corrected chi connectivity index (χ0v) is 8.89. The highest BCUT2D eigenvalue weighted by atomic mass is 16.5. The highest BCUT2D eigenvalue weighted by Crippen LogP contribution is 2.42. The third kappa shape index (κ3) is 2.48. The first kappa shape index (κ1) is 10.0. The largest absolute Gasteiger partial charge is 0.379 e. The van der Waals surface area contributed by atoms with Crippen LogP contribution in [0.5, 0.6) is 0 Å². The average Bonchev–Trinajstić information content (AvgIpc) is 1.95. The van der Waals surface area contributed by atoms with E-state index in [0.717, 1.165) is 11.8 Å². The normalized spacial score (nSPS) is 35.2. The monoisotopic (exact) mass is 170 g/mol. The molecule has 0 N–H and O–H groups in total. The molecule has 1 aliphatic rings. The Bertz CT molecular complexity index is 134. The van der Waals surface area contributed by atoms with E-state index < -0.39 is 0 Å². The van der Waals surface area contributed by atoms with Gasteiger partial charge in [0.15, 0.2) is 0 Å². The summed E-state index contributed by atoms with van der Waals surface area (Å²) in [4.78, 5) is 0. The van der Waals surface area contributed by atoms with Crippen molar-refractivity contribution in [1.82, 2.24) is 0 Å². The Morgan fingerprint density at radius 3 is 2.42 bits per heavy atom. The summed E-state index contributed by atoms with van der Waals surface area (Å²) in [6.45, 7) is 6.82. The first-order valence-electron chi connectivity index (χ1n) is 5.11. The fourth-order valence-corrected chi connectivity index (χ4v) is 2.10. The van der Waals surface area contributed by atoms with Crippen molar-refractivity contribution in [2.24, 2.45) is 11.8 Å². The Kier molecular flexibility index (Phi) is 3.16. The second kappa shape index (κ2) is 3.78. The minimum absolute atomic E-state index is 0.224. The number of hydrogen-bond donors (Lipinski definition) is 0. The summed E-state index contributed by atoms with van der Waals surface area (Å²) >= 11 is 0. The number of rotatable bonds is 4. The van der Waals surface area contributed by atoms with E-state index >= 15 is 0 Å². The van der Waals surface area contributed by atoms with Crippen molar-refractivity contribution in [3.63, 3.8) is 0 Å². The summed E-state index contributed by atoms with van der Waals surface area (Å²) in [7, 11) is 1.83. The number of hydrogen-bond acceptors (Lipinski definition) is 1. The molecule has 1 heteroatoms. The molecule has 0 aromatic carbocycles. The molecule has 0 amide bonds. The zero-order chi connectivity index (χ0) is 9.19. The molecule has 0 spiro atoms. The van der Waals surface area contributed by atoms with E-state index in [4.69, 9.17) is 4.74 Å². The van der Waals surface area contributed by atoms with Crippen molar-refractivity contribution in [1.29, 1.82) is 0 Å². The molecule has 0 heterocycles. The van der Waals surface area contributed by atoms with E-state index in [1.165, 1.54) is 25.7 Å². The second-order valence-corrected chi connectivity index (χ2v) is 4.90. The summed E-state index contributed by atoms with van der Waals surface area (Å²) in [5.41, 5.74) is 0.224. The molecule has 1 aliphatic carbocycles. The van der Waals surface area contributed by atoms with Crippen LogP contribution in [0.4, 0.5) is 0 Å². The van der Waals surface area contributed by atoms with Gasteiger partial charge in [-0.05, 0) is 38.0 Å². The number of methoxy groups -OCH3 is 1. The summed E-state index contributed by atoms with van der Waals surface area (Å²) < 4.78 is 5.41. The second-order valence-electron chi connectivity index (χ2n) is 4.90. The van der Waals surface area contributed by atoms with Crippen LogP contribution in [0.25, 0.3) is 0 Å². The molecule has 0 aromatic heterocycles. The minimum Gasteiger partial charge on any atom is -0.379 e. The molecule has 1 saturated carbocycles. The molecule has 1 nitrogen and oxygen atoms in total. The van der Waals surface area contributed by atoms with Gasteiger partial charge in [-0.1, -0.05) is 20.3 Å². The fourth-order valence-electron chi connectivity index (χ4n) is 2.10. The van der Waals surface area contributed by atoms with Gasteiger partial charge in [-0.2, -0.15) is 0 Å². The van der Waals surface area contributed by atoms with E-state index in [-0.39, 0.29) is 5.60 Å².